The van der Waals surface area contributed by atoms with Crippen LogP contribution in [-0.4, -0.2) is 36.6 Å². The van der Waals surface area contributed by atoms with Crippen LogP contribution in [0.1, 0.15) is 33.4 Å². The van der Waals surface area contributed by atoms with E-state index in [1.165, 1.54) is 66.8 Å². The Morgan fingerprint density at radius 2 is 0.836 bits per heavy atom. The van der Waals surface area contributed by atoms with Crippen LogP contribution in [0.25, 0.3) is 54.9 Å². The summed E-state index contributed by atoms with van der Waals surface area (Å²) in [6, 6.07) is 57.3. The van der Waals surface area contributed by atoms with E-state index in [1.54, 1.807) is 0 Å². The average Bonchev–Trinajstić information content (AvgIpc) is 3.51. The first-order valence-corrected chi connectivity index (χ1v) is 19.0. The lowest BCUT2D eigenvalue weighted by Gasteiger charge is -2.35. The maximum atomic E-state index is 9.38. The molecular weight excluding hydrogens is 677 g/mol. The lowest BCUT2D eigenvalue weighted by molar-refractivity contribution is 0.201. The zero-order chi connectivity index (χ0) is 37.5. The molecule has 55 heavy (non-hydrogen) atoms. The Bertz CT molecular complexity index is 2540. The van der Waals surface area contributed by atoms with Crippen LogP contribution in [0.2, 0.25) is 0 Å². The van der Waals surface area contributed by atoms with Gasteiger partial charge in [-0.2, -0.15) is 0 Å². The number of aliphatic hydroxyl groups excluding tert-OH is 2. The summed E-state index contributed by atoms with van der Waals surface area (Å²) in [6.45, 7) is 4.81. The molecule has 0 aliphatic heterocycles. The van der Waals surface area contributed by atoms with E-state index in [1.807, 2.05) is 12.1 Å². The van der Waals surface area contributed by atoms with Crippen LogP contribution in [0.4, 0.5) is 0 Å². The van der Waals surface area contributed by atoms with Crippen molar-refractivity contribution in [2.24, 2.45) is 0 Å². The molecule has 0 bridgehead atoms. The van der Waals surface area contributed by atoms with E-state index in [-0.39, 0.29) is 26.4 Å². The Labute approximate surface area is 321 Å². The largest absolute Gasteiger partial charge is 0.491 e. The standard InChI is InChI=1S/C51H42O4/c1-33-7-3-5-9-45(33)39-15-21-47-48-22-16-40(46-10-6-4-8-34(46)2)32-50(48)51(49(47)31-39,41-17-11-37-29-43(54-25-23-52)19-13-35(37)27-41)42-18-12-38-30-44(55-26-24-53)20-14-36(38)28-42/h3-22,27-32,52-53H,23-26H2,1-2H3. The maximum absolute atomic E-state index is 9.38. The number of hydrogen-bond acceptors (Lipinski definition) is 4. The minimum absolute atomic E-state index is 0.0317. The van der Waals surface area contributed by atoms with Gasteiger partial charge in [0, 0.05) is 0 Å². The molecule has 0 atom stereocenters. The normalized spacial score (nSPS) is 12.8. The van der Waals surface area contributed by atoms with Crippen molar-refractivity contribution in [3.05, 3.63) is 191 Å². The summed E-state index contributed by atoms with van der Waals surface area (Å²) in [7, 11) is 0. The van der Waals surface area contributed by atoms with Crippen molar-refractivity contribution in [1.82, 2.24) is 0 Å². The van der Waals surface area contributed by atoms with Crippen LogP contribution in [-0.2, 0) is 5.41 Å². The number of ether oxygens (including phenoxy) is 2. The van der Waals surface area contributed by atoms with Gasteiger partial charge in [-0.1, -0.05) is 109 Å². The summed E-state index contributed by atoms with van der Waals surface area (Å²) in [4.78, 5) is 0. The first-order valence-electron chi connectivity index (χ1n) is 19.0. The molecule has 2 N–H and O–H groups in total. The lowest BCUT2D eigenvalue weighted by atomic mass is 9.66. The fourth-order valence-corrected chi connectivity index (χ4v) is 8.66. The van der Waals surface area contributed by atoms with Crippen molar-refractivity contribution in [1.29, 1.82) is 0 Å². The van der Waals surface area contributed by atoms with E-state index in [4.69, 9.17) is 9.47 Å². The second-order valence-electron chi connectivity index (χ2n) is 14.5. The van der Waals surface area contributed by atoms with Gasteiger partial charge < -0.3 is 19.7 Å². The van der Waals surface area contributed by atoms with Gasteiger partial charge in [-0.25, -0.2) is 0 Å². The van der Waals surface area contributed by atoms with Crippen LogP contribution in [0.5, 0.6) is 11.5 Å². The molecule has 0 unspecified atom stereocenters. The monoisotopic (exact) mass is 718 g/mol. The first-order chi connectivity index (χ1) is 27.0. The molecule has 0 heterocycles. The molecule has 270 valence electrons. The fraction of sp³-hybridized carbons (Fsp3) is 0.137. The first kappa shape index (κ1) is 34.6. The van der Waals surface area contributed by atoms with Gasteiger partial charge in [0.05, 0.1) is 18.6 Å². The predicted molar refractivity (Wildman–Crippen MR) is 224 cm³/mol. The van der Waals surface area contributed by atoms with E-state index >= 15 is 0 Å². The van der Waals surface area contributed by atoms with Gasteiger partial charge >= 0.3 is 0 Å². The number of aryl methyl sites for hydroxylation is 2. The molecule has 1 aliphatic rings. The average molecular weight is 719 g/mol. The number of hydrogen-bond donors (Lipinski definition) is 2. The zero-order valence-corrected chi connectivity index (χ0v) is 31.1. The summed E-state index contributed by atoms with van der Waals surface area (Å²) in [5, 5.41) is 23.1. The van der Waals surface area contributed by atoms with Crippen molar-refractivity contribution >= 4 is 21.5 Å². The molecule has 4 nitrogen and oxygen atoms in total. The molecule has 0 amide bonds. The molecule has 0 fully saturated rings. The van der Waals surface area contributed by atoms with Gasteiger partial charge in [0.1, 0.15) is 24.7 Å². The molecule has 0 saturated carbocycles. The second kappa shape index (κ2) is 14.2. The zero-order valence-electron chi connectivity index (χ0n) is 31.1. The predicted octanol–water partition coefficient (Wildman–Crippen LogP) is 11.0. The van der Waals surface area contributed by atoms with Crippen LogP contribution in [0, 0.1) is 13.8 Å². The maximum Gasteiger partial charge on any atom is 0.120 e. The van der Waals surface area contributed by atoms with Crippen molar-refractivity contribution in [3.63, 3.8) is 0 Å². The van der Waals surface area contributed by atoms with Gasteiger partial charge in [-0.05, 0) is 151 Å². The highest BCUT2D eigenvalue weighted by Gasteiger charge is 2.47. The van der Waals surface area contributed by atoms with Gasteiger partial charge in [0.25, 0.3) is 0 Å². The highest BCUT2D eigenvalue weighted by Crippen LogP contribution is 2.58. The molecule has 0 spiro atoms. The molecule has 0 radical (unpaired) electrons. The summed E-state index contributed by atoms with van der Waals surface area (Å²) < 4.78 is 11.6. The van der Waals surface area contributed by atoms with E-state index < -0.39 is 5.41 Å². The third-order valence-corrected chi connectivity index (χ3v) is 11.3. The quantitative estimate of drug-likeness (QED) is 0.148. The van der Waals surface area contributed by atoms with Crippen LogP contribution in [0.3, 0.4) is 0 Å². The molecule has 0 aromatic heterocycles. The molecule has 1 aliphatic carbocycles. The topological polar surface area (TPSA) is 58.9 Å². The highest BCUT2D eigenvalue weighted by atomic mass is 16.5. The third-order valence-electron chi connectivity index (χ3n) is 11.3. The SMILES string of the molecule is Cc1ccccc1-c1ccc2c(c1)C(c1ccc3cc(OCCO)ccc3c1)(c1ccc3cc(OCCO)ccc3c1)c1cc(-c3ccccc3C)ccc1-2. The van der Waals surface area contributed by atoms with Crippen molar-refractivity contribution < 1.29 is 19.7 Å². The minimum Gasteiger partial charge on any atom is -0.491 e. The number of aliphatic hydroxyl groups is 2. The summed E-state index contributed by atoms with van der Waals surface area (Å²) in [5.74, 6) is 1.48. The highest BCUT2D eigenvalue weighted by molar-refractivity contribution is 5.94. The van der Waals surface area contributed by atoms with Crippen LogP contribution < -0.4 is 9.47 Å². The van der Waals surface area contributed by atoms with Gasteiger partial charge in [-0.3, -0.25) is 0 Å². The molecule has 0 saturated heterocycles. The Hall–Kier alpha value is -6.20. The number of fused-ring (bicyclic) bond motifs is 5. The number of rotatable bonds is 10. The van der Waals surface area contributed by atoms with Crippen molar-refractivity contribution in [3.8, 4) is 44.9 Å². The summed E-state index contributed by atoms with van der Waals surface area (Å²) in [5.41, 5.74) is 13.9. The lowest BCUT2D eigenvalue weighted by Crippen LogP contribution is -2.28. The minimum atomic E-state index is -0.678. The van der Waals surface area contributed by atoms with Crippen LogP contribution in [0.15, 0.2) is 158 Å². The van der Waals surface area contributed by atoms with Crippen LogP contribution >= 0.6 is 0 Å². The van der Waals surface area contributed by atoms with Crippen molar-refractivity contribution in [2.45, 2.75) is 19.3 Å². The van der Waals surface area contributed by atoms with E-state index in [2.05, 4.69) is 159 Å². The Morgan fingerprint density at radius 3 is 1.27 bits per heavy atom. The van der Waals surface area contributed by atoms with E-state index in [9.17, 15) is 10.2 Å². The fourth-order valence-electron chi connectivity index (χ4n) is 8.66. The molecule has 9 rings (SSSR count). The Kier molecular flexibility index (Phi) is 8.94. The summed E-state index contributed by atoms with van der Waals surface area (Å²) >= 11 is 0. The van der Waals surface area contributed by atoms with Gasteiger partial charge in [0.2, 0.25) is 0 Å². The molecule has 8 aromatic carbocycles. The van der Waals surface area contributed by atoms with E-state index in [0.717, 1.165) is 33.0 Å². The van der Waals surface area contributed by atoms with Crippen molar-refractivity contribution in [2.75, 3.05) is 26.4 Å². The summed E-state index contributed by atoms with van der Waals surface area (Å²) in [6.07, 6.45) is 0. The smallest absolute Gasteiger partial charge is 0.120 e. The van der Waals surface area contributed by atoms with Gasteiger partial charge in [-0.15, -0.1) is 0 Å². The number of benzene rings is 8. The molecule has 8 aromatic rings. The second-order valence-corrected chi connectivity index (χ2v) is 14.5. The third kappa shape index (κ3) is 5.95. The Balaban J connectivity index is 1.36. The van der Waals surface area contributed by atoms with Gasteiger partial charge in [0.15, 0.2) is 0 Å². The Morgan fingerprint density at radius 1 is 0.418 bits per heavy atom. The molecular formula is C51H42O4. The molecule has 4 heteroatoms. The van der Waals surface area contributed by atoms with E-state index in [0.29, 0.717) is 0 Å².